The minimum absolute atomic E-state index is 0.0350. The monoisotopic (exact) mass is 880 g/mol. The summed E-state index contributed by atoms with van der Waals surface area (Å²) in [4.78, 5) is 37.7. The summed E-state index contributed by atoms with van der Waals surface area (Å²) >= 11 is 0. The van der Waals surface area contributed by atoms with E-state index in [0.29, 0.717) is 36.7 Å². The Labute approximate surface area is 368 Å². The molecule has 0 radical (unpaired) electrons. The van der Waals surface area contributed by atoms with Crippen LogP contribution in [-0.4, -0.2) is 92.5 Å². The van der Waals surface area contributed by atoms with Crippen LogP contribution in [0.4, 0.5) is 0 Å². The fraction of sp³-hybridized carbons (Fsp3) is 0.708. The van der Waals surface area contributed by atoms with E-state index >= 15 is 0 Å². The zero-order chi connectivity index (χ0) is 45.4. The van der Waals surface area contributed by atoms with E-state index in [-0.39, 0.29) is 26.1 Å². The van der Waals surface area contributed by atoms with Crippen molar-refractivity contribution in [2.45, 2.75) is 174 Å². The number of hydrogen-bond donors (Lipinski definition) is 2. The highest BCUT2D eigenvalue weighted by atomic mass is 31.2. The number of carbonyl (C=O) groups excluding carboxylic acids is 2. The first-order chi connectivity index (χ1) is 29.1. The summed E-state index contributed by atoms with van der Waals surface area (Å²) in [6.07, 6.45) is 29.1. The smallest absolute Gasteiger partial charge is 0.306 e. The molecule has 1 rings (SSSR count). The maximum Gasteiger partial charge on any atom is 0.306 e. The number of esters is 2. The first-order valence-electron chi connectivity index (χ1n) is 22.9. The predicted octanol–water partition coefficient (Wildman–Crippen LogP) is 9.65. The largest absolute Gasteiger partial charge is 0.756 e. The number of aliphatic hydroxyl groups is 2. The van der Waals surface area contributed by atoms with Crippen molar-refractivity contribution in [3.05, 3.63) is 71.3 Å². The van der Waals surface area contributed by atoms with Crippen LogP contribution >= 0.6 is 7.82 Å². The molecule has 1 unspecified atom stereocenters. The van der Waals surface area contributed by atoms with Gasteiger partial charge in [0.2, 0.25) is 0 Å². The van der Waals surface area contributed by atoms with Gasteiger partial charge in [0.1, 0.15) is 31.3 Å². The Morgan fingerprint density at radius 3 is 1.82 bits per heavy atom. The Morgan fingerprint density at radius 1 is 0.705 bits per heavy atom. The highest BCUT2D eigenvalue weighted by Gasteiger charge is 2.22. The summed E-state index contributed by atoms with van der Waals surface area (Å²) < 4.78 is 40.0. The lowest BCUT2D eigenvalue weighted by atomic mass is 10.0. The molecule has 350 valence electrons. The first-order valence-corrected chi connectivity index (χ1v) is 24.4. The SMILES string of the molecule is CCCCCc1oc(CCCCCCCCC(=O)OC[C@H](COP(=O)([O-])OCC[N+](C)(C)C)OC(=O)CCC[C@H](O)/C=C/C=C\C/C=C\C=C\[C@H](O)CCCCC)c(C)c1C. The number of phosphoric acid groups is 1. The molecule has 4 atom stereocenters. The van der Waals surface area contributed by atoms with Crippen molar-refractivity contribution in [1.29, 1.82) is 0 Å². The lowest BCUT2D eigenvalue weighted by Gasteiger charge is -2.28. The molecule has 13 heteroatoms. The number of phosphoric ester groups is 1. The number of ether oxygens (including phenoxy) is 2. The van der Waals surface area contributed by atoms with Crippen LogP contribution in [-0.2, 0) is 45.5 Å². The Balaban J connectivity index is 2.48. The number of allylic oxidation sites excluding steroid dienone is 6. The number of nitrogens with zero attached hydrogens (tertiary/aromatic N) is 1. The van der Waals surface area contributed by atoms with E-state index in [1.165, 1.54) is 24.0 Å². The van der Waals surface area contributed by atoms with Gasteiger partial charge in [0.25, 0.3) is 7.82 Å². The normalized spacial score (nSPS) is 15.0. The number of aliphatic hydroxyl groups excluding tert-OH is 2. The van der Waals surface area contributed by atoms with Crippen molar-refractivity contribution in [3.63, 3.8) is 0 Å². The van der Waals surface area contributed by atoms with Crippen LogP contribution in [0.25, 0.3) is 0 Å². The van der Waals surface area contributed by atoms with Crippen molar-refractivity contribution in [2.24, 2.45) is 0 Å². The van der Waals surface area contributed by atoms with Crippen molar-refractivity contribution in [2.75, 3.05) is 47.5 Å². The molecule has 0 aliphatic carbocycles. The van der Waals surface area contributed by atoms with Crippen molar-refractivity contribution in [1.82, 2.24) is 0 Å². The van der Waals surface area contributed by atoms with E-state index < -0.39 is 44.7 Å². The van der Waals surface area contributed by atoms with Crippen LogP contribution in [0.15, 0.2) is 53.0 Å². The second kappa shape index (κ2) is 33.7. The van der Waals surface area contributed by atoms with E-state index in [1.807, 2.05) is 51.5 Å². The van der Waals surface area contributed by atoms with Gasteiger partial charge in [-0.05, 0) is 69.9 Å². The van der Waals surface area contributed by atoms with E-state index in [2.05, 4.69) is 27.7 Å². The number of hydrogen-bond acceptors (Lipinski definition) is 11. The zero-order valence-electron chi connectivity index (χ0n) is 38.8. The van der Waals surface area contributed by atoms with Gasteiger partial charge in [-0.25, -0.2) is 0 Å². The van der Waals surface area contributed by atoms with Crippen LogP contribution in [0.5, 0.6) is 0 Å². The Bertz CT molecular complexity index is 1490. The molecule has 0 saturated carbocycles. The Morgan fingerprint density at radius 2 is 1.23 bits per heavy atom. The van der Waals surface area contributed by atoms with Gasteiger partial charge in [0.15, 0.2) is 6.10 Å². The number of carbonyl (C=O) groups is 2. The molecule has 0 bridgehead atoms. The third-order valence-electron chi connectivity index (χ3n) is 10.3. The Kier molecular flexibility index (Phi) is 31.0. The van der Waals surface area contributed by atoms with Gasteiger partial charge in [-0.2, -0.15) is 0 Å². The van der Waals surface area contributed by atoms with Gasteiger partial charge in [-0.15, -0.1) is 0 Å². The highest BCUT2D eigenvalue weighted by molar-refractivity contribution is 7.45. The van der Waals surface area contributed by atoms with E-state index in [4.69, 9.17) is 22.9 Å². The Hall–Kier alpha value is -2.83. The predicted molar refractivity (Wildman–Crippen MR) is 242 cm³/mol. The van der Waals surface area contributed by atoms with E-state index in [9.17, 15) is 29.3 Å². The van der Waals surface area contributed by atoms with Gasteiger partial charge >= 0.3 is 11.9 Å². The number of rotatable bonds is 37. The number of aryl methyl sites for hydroxylation is 2. The van der Waals surface area contributed by atoms with Crippen LogP contribution in [0, 0.1) is 13.8 Å². The van der Waals surface area contributed by atoms with E-state index in [0.717, 1.165) is 88.6 Å². The molecule has 0 aliphatic heterocycles. The van der Waals surface area contributed by atoms with Gasteiger partial charge in [-0.3, -0.25) is 14.2 Å². The molecule has 1 aromatic rings. The van der Waals surface area contributed by atoms with Crippen LogP contribution in [0.2, 0.25) is 0 Å². The lowest BCUT2D eigenvalue weighted by Crippen LogP contribution is -2.37. The maximum absolute atomic E-state index is 12.7. The molecule has 0 fully saturated rings. The molecule has 0 aromatic carbocycles. The molecular weight excluding hydrogens is 797 g/mol. The number of quaternary nitrogens is 1. The van der Waals surface area contributed by atoms with Crippen LogP contribution < -0.4 is 4.89 Å². The molecule has 2 N–H and O–H groups in total. The fourth-order valence-electron chi connectivity index (χ4n) is 6.28. The second-order valence-electron chi connectivity index (χ2n) is 17.0. The summed E-state index contributed by atoms with van der Waals surface area (Å²) in [6.45, 7) is 8.07. The summed E-state index contributed by atoms with van der Waals surface area (Å²) in [5.74, 6) is 1.15. The lowest BCUT2D eigenvalue weighted by molar-refractivity contribution is -0.870. The van der Waals surface area contributed by atoms with Gasteiger partial charge in [0, 0.05) is 25.7 Å². The summed E-state index contributed by atoms with van der Waals surface area (Å²) in [5, 5.41) is 20.3. The fourth-order valence-corrected chi connectivity index (χ4v) is 7.01. The average Bonchev–Trinajstić information content (AvgIpc) is 3.46. The summed E-state index contributed by atoms with van der Waals surface area (Å²) in [6, 6.07) is 0. The highest BCUT2D eigenvalue weighted by Crippen LogP contribution is 2.38. The minimum Gasteiger partial charge on any atom is -0.756 e. The van der Waals surface area contributed by atoms with Crippen LogP contribution in [0.3, 0.4) is 0 Å². The minimum atomic E-state index is -4.71. The average molecular weight is 880 g/mol. The first kappa shape index (κ1) is 56.2. The van der Waals surface area contributed by atoms with Crippen molar-refractivity contribution in [3.8, 4) is 0 Å². The van der Waals surface area contributed by atoms with E-state index in [1.54, 1.807) is 18.2 Å². The standard InChI is InChI=1S/C48H82NO11P/c1-8-10-21-28-42(50)29-23-17-13-12-14-18-24-30-43(51)31-27-35-48(53)59-44(39-58-61(54,55)57-37-36-49(5,6)7)38-56-47(52)34-26-20-16-15-19-25-33-46-41(4)40(3)45(60-46)32-22-11-9-2/h13-14,17-18,23-24,29-30,42-44,50-51H,8-12,15-16,19-22,25-28,31-39H2,1-7H3/b17-13-,18-14-,29-23+,30-24+/t42-,43-,44-/m1/s1. The second-order valence-corrected chi connectivity index (χ2v) is 18.5. The third-order valence-corrected chi connectivity index (χ3v) is 11.2. The topological polar surface area (TPSA) is 165 Å². The molecular formula is C48H82NO11P. The number of furan rings is 1. The molecule has 0 aliphatic rings. The molecule has 12 nitrogen and oxygen atoms in total. The molecule has 1 aromatic heterocycles. The molecule has 61 heavy (non-hydrogen) atoms. The van der Waals surface area contributed by atoms with Gasteiger partial charge in [-0.1, -0.05) is 120 Å². The zero-order valence-corrected chi connectivity index (χ0v) is 39.7. The number of unbranched alkanes of at least 4 members (excludes halogenated alkanes) is 9. The molecule has 1 heterocycles. The summed E-state index contributed by atoms with van der Waals surface area (Å²) in [7, 11) is 0.986. The molecule has 0 amide bonds. The molecule has 0 spiro atoms. The van der Waals surface area contributed by atoms with Crippen molar-refractivity contribution >= 4 is 19.8 Å². The summed E-state index contributed by atoms with van der Waals surface area (Å²) in [5.41, 5.74) is 2.57. The van der Waals surface area contributed by atoms with Crippen molar-refractivity contribution < 1.29 is 56.7 Å². The molecule has 0 saturated heterocycles. The van der Waals surface area contributed by atoms with Gasteiger partial charge < -0.3 is 42.5 Å². The number of likely N-dealkylation sites (N-methyl/N-ethyl adjacent to an activating group) is 1. The van der Waals surface area contributed by atoms with Crippen LogP contribution in [0.1, 0.15) is 152 Å². The van der Waals surface area contributed by atoms with Gasteiger partial charge in [0.05, 0.1) is 40.0 Å². The quantitative estimate of drug-likeness (QED) is 0.0215. The third kappa shape index (κ3) is 30.8. The maximum atomic E-state index is 12.7.